The number of hydrogen-bond donors (Lipinski definition) is 3. The summed E-state index contributed by atoms with van der Waals surface area (Å²) < 4.78 is 0. The largest absolute Gasteiger partial charge is 0.508 e. The number of hydrogen-bond acceptors (Lipinski definition) is 5. The summed E-state index contributed by atoms with van der Waals surface area (Å²) in [5.74, 6) is 0.158. The summed E-state index contributed by atoms with van der Waals surface area (Å²) in [7, 11) is 0. The molecular weight excluding hydrogens is 322 g/mol. The molecule has 2 aliphatic heterocycles. The molecule has 0 saturated carbocycles. The van der Waals surface area contributed by atoms with Gasteiger partial charge in [-0.15, -0.1) is 11.3 Å². The lowest BCUT2D eigenvalue weighted by Gasteiger charge is -2.28. The maximum Gasteiger partial charge on any atom is 0.256 e. The Bertz CT molecular complexity index is 815. The number of carbonyl (C=O) groups is 1. The summed E-state index contributed by atoms with van der Waals surface area (Å²) in [4.78, 5) is 16.4. The van der Waals surface area contributed by atoms with Crippen molar-refractivity contribution < 1.29 is 9.90 Å². The molecule has 24 heavy (non-hydrogen) atoms. The molecule has 2 aromatic rings. The van der Waals surface area contributed by atoms with Gasteiger partial charge in [0.1, 0.15) is 16.9 Å². The van der Waals surface area contributed by atoms with E-state index in [9.17, 15) is 9.90 Å². The molecule has 0 fully saturated rings. The zero-order valence-corrected chi connectivity index (χ0v) is 14.7. The van der Waals surface area contributed by atoms with E-state index in [0.29, 0.717) is 5.56 Å². The standard InChI is InChI=1S/C18H21N3O2S/c1-3-21-7-6-12-14(9-21)24-18-15(12)17(23)19-16(20-18)11-5-4-10(2)8-13(11)22/h4-5,8,16,20,22H,3,6-7,9H2,1-2H3,(H,19,23)/t16-/m0/s1. The fraction of sp³-hybridized carbons (Fsp3) is 0.389. The SMILES string of the molecule is CCN1CCc2c(sc3c2C(=O)N[C@H](c2ccc(C)cc2O)N3)C1. The van der Waals surface area contributed by atoms with Gasteiger partial charge in [-0.05, 0) is 37.1 Å². The molecular formula is C18H21N3O2S. The van der Waals surface area contributed by atoms with Crippen LogP contribution in [0.1, 0.15) is 45.0 Å². The van der Waals surface area contributed by atoms with Gasteiger partial charge in [-0.25, -0.2) is 0 Å². The molecule has 0 unspecified atom stereocenters. The highest BCUT2D eigenvalue weighted by molar-refractivity contribution is 7.16. The minimum atomic E-state index is -0.395. The number of fused-ring (bicyclic) bond motifs is 3. The number of phenolic OH excluding ortho intramolecular Hbond substituents is 1. The number of anilines is 1. The monoisotopic (exact) mass is 343 g/mol. The topological polar surface area (TPSA) is 64.6 Å². The average Bonchev–Trinajstić information content (AvgIpc) is 2.92. The number of rotatable bonds is 2. The van der Waals surface area contributed by atoms with Crippen LogP contribution in [0.2, 0.25) is 0 Å². The molecule has 1 amide bonds. The van der Waals surface area contributed by atoms with Crippen LogP contribution in [0.4, 0.5) is 5.00 Å². The first kappa shape index (κ1) is 15.5. The number of amides is 1. The number of aryl methyl sites for hydroxylation is 1. The smallest absolute Gasteiger partial charge is 0.256 e. The van der Waals surface area contributed by atoms with E-state index in [-0.39, 0.29) is 11.7 Å². The van der Waals surface area contributed by atoms with Crippen LogP contribution in [0, 0.1) is 6.92 Å². The summed E-state index contributed by atoms with van der Waals surface area (Å²) >= 11 is 1.67. The van der Waals surface area contributed by atoms with Crippen LogP contribution >= 0.6 is 11.3 Å². The zero-order valence-electron chi connectivity index (χ0n) is 13.8. The van der Waals surface area contributed by atoms with Crippen molar-refractivity contribution in [1.82, 2.24) is 10.2 Å². The Labute approximate surface area is 145 Å². The molecule has 0 bridgehead atoms. The van der Waals surface area contributed by atoms with E-state index in [1.165, 1.54) is 10.4 Å². The third-order valence-electron chi connectivity index (χ3n) is 4.86. The molecule has 0 radical (unpaired) electrons. The third-order valence-corrected chi connectivity index (χ3v) is 6.01. The van der Waals surface area contributed by atoms with Crippen molar-refractivity contribution in [3.8, 4) is 5.75 Å². The summed E-state index contributed by atoms with van der Waals surface area (Å²) in [6.45, 7) is 7.05. The first-order valence-corrected chi connectivity index (χ1v) is 9.12. The minimum Gasteiger partial charge on any atom is -0.508 e. The maximum absolute atomic E-state index is 12.7. The van der Waals surface area contributed by atoms with Crippen molar-refractivity contribution in [3.63, 3.8) is 0 Å². The molecule has 126 valence electrons. The molecule has 1 aromatic carbocycles. The Morgan fingerprint density at radius 3 is 2.96 bits per heavy atom. The van der Waals surface area contributed by atoms with Gasteiger partial charge in [-0.1, -0.05) is 19.1 Å². The third kappa shape index (κ3) is 2.46. The molecule has 3 heterocycles. The second-order valence-electron chi connectivity index (χ2n) is 6.44. The van der Waals surface area contributed by atoms with Crippen molar-refractivity contribution in [1.29, 1.82) is 0 Å². The van der Waals surface area contributed by atoms with Gasteiger partial charge < -0.3 is 15.7 Å². The highest BCUT2D eigenvalue weighted by atomic mass is 32.1. The molecule has 1 aromatic heterocycles. The van der Waals surface area contributed by atoms with Gasteiger partial charge in [-0.3, -0.25) is 9.69 Å². The van der Waals surface area contributed by atoms with E-state index in [1.54, 1.807) is 17.4 Å². The predicted octanol–water partition coefficient (Wildman–Crippen LogP) is 2.99. The van der Waals surface area contributed by atoms with Crippen LogP contribution in [0.15, 0.2) is 18.2 Å². The first-order chi connectivity index (χ1) is 11.6. The van der Waals surface area contributed by atoms with Crippen LogP contribution in [-0.2, 0) is 13.0 Å². The van der Waals surface area contributed by atoms with Gasteiger partial charge in [0.2, 0.25) is 0 Å². The van der Waals surface area contributed by atoms with Crippen molar-refractivity contribution in [2.24, 2.45) is 0 Å². The highest BCUT2D eigenvalue weighted by Crippen LogP contribution is 2.41. The number of likely N-dealkylation sites (N-methyl/N-ethyl adjacent to an activating group) is 1. The van der Waals surface area contributed by atoms with E-state index < -0.39 is 6.17 Å². The summed E-state index contributed by atoms with van der Waals surface area (Å²) in [6, 6.07) is 5.52. The van der Waals surface area contributed by atoms with Gasteiger partial charge in [-0.2, -0.15) is 0 Å². The lowest BCUT2D eigenvalue weighted by atomic mass is 10.00. The number of thiophene rings is 1. The van der Waals surface area contributed by atoms with Crippen LogP contribution in [0.3, 0.4) is 0 Å². The maximum atomic E-state index is 12.7. The van der Waals surface area contributed by atoms with E-state index in [2.05, 4.69) is 22.5 Å². The lowest BCUT2D eigenvalue weighted by Crippen LogP contribution is -2.38. The van der Waals surface area contributed by atoms with Gasteiger partial charge in [0.25, 0.3) is 5.91 Å². The van der Waals surface area contributed by atoms with Crippen molar-refractivity contribution in [2.45, 2.75) is 33.0 Å². The zero-order chi connectivity index (χ0) is 16.8. The number of phenols is 1. The van der Waals surface area contributed by atoms with Gasteiger partial charge in [0, 0.05) is 23.5 Å². The Kier molecular flexibility index (Phi) is 3.73. The second kappa shape index (κ2) is 5.79. The first-order valence-electron chi connectivity index (χ1n) is 8.30. The van der Waals surface area contributed by atoms with E-state index >= 15 is 0 Å². The summed E-state index contributed by atoms with van der Waals surface area (Å²) in [6.07, 6.45) is 0.526. The van der Waals surface area contributed by atoms with E-state index in [1.807, 2.05) is 19.1 Å². The fourth-order valence-electron chi connectivity index (χ4n) is 3.49. The summed E-state index contributed by atoms with van der Waals surface area (Å²) in [5.41, 5.74) is 3.68. The molecule has 3 N–H and O–H groups in total. The van der Waals surface area contributed by atoms with Gasteiger partial charge >= 0.3 is 0 Å². The Morgan fingerprint density at radius 2 is 2.21 bits per heavy atom. The summed E-state index contributed by atoms with van der Waals surface area (Å²) in [5, 5.41) is 17.5. The minimum absolute atomic E-state index is 0.0452. The molecule has 4 rings (SSSR count). The second-order valence-corrected chi connectivity index (χ2v) is 7.54. The number of aromatic hydroxyl groups is 1. The van der Waals surface area contributed by atoms with Crippen LogP contribution in [0.25, 0.3) is 0 Å². The quantitative estimate of drug-likeness (QED) is 0.784. The molecule has 0 aliphatic carbocycles. The Hall–Kier alpha value is -2.05. The van der Waals surface area contributed by atoms with Crippen LogP contribution in [-0.4, -0.2) is 29.0 Å². The highest BCUT2D eigenvalue weighted by Gasteiger charge is 2.33. The number of nitrogens with zero attached hydrogens (tertiary/aromatic N) is 1. The fourth-order valence-corrected chi connectivity index (χ4v) is 4.81. The molecule has 1 atom stereocenters. The van der Waals surface area contributed by atoms with Crippen molar-refractivity contribution in [2.75, 3.05) is 18.4 Å². The molecule has 6 heteroatoms. The number of nitrogens with one attached hydrogen (secondary N) is 2. The Morgan fingerprint density at radius 1 is 1.38 bits per heavy atom. The van der Waals surface area contributed by atoms with Crippen LogP contribution < -0.4 is 10.6 Å². The van der Waals surface area contributed by atoms with Crippen molar-refractivity contribution in [3.05, 3.63) is 45.3 Å². The normalized spacial score (nSPS) is 20.1. The van der Waals surface area contributed by atoms with Gasteiger partial charge in [0.05, 0.1) is 5.56 Å². The lowest BCUT2D eigenvalue weighted by molar-refractivity contribution is 0.0934. The number of carbonyl (C=O) groups excluding carboxylic acids is 1. The average molecular weight is 343 g/mol. The van der Waals surface area contributed by atoms with Gasteiger partial charge in [0.15, 0.2) is 0 Å². The molecule has 2 aliphatic rings. The Balaban J connectivity index is 1.68. The van der Waals surface area contributed by atoms with E-state index in [0.717, 1.165) is 42.2 Å². The predicted molar refractivity (Wildman–Crippen MR) is 95.6 cm³/mol. The van der Waals surface area contributed by atoms with Crippen LogP contribution in [0.5, 0.6) is 5.75 Å². The van der Waals surface area contributed by atoms with Crippen molar-refractivity contribution >= 4 is 22.2 Å². The molecule has 0 saturated heterocycles. The number of benzene rings is 1. The van der Waals surface area contributed by atoms with E-state index in [4.69, 9.17) is 0 Å². The molecule has 5 nitrogen and oxygen atoms in total. The molecule has 0 spiro atoms.